The number of hydrogen-bond donors (Lipinski definition) is 0. The lowest BCUT2D eigenvalue weighted by atomic mass is 9.71. The predicted octanol–water partition coefficient (Wildman–Crippen LogP) is 3.64. The smallest absolute Gasteiger partial charge is 0.142 e. The van der Waals surface area contributed by atoms with Gasteiger partial charge in [0.2, 0.25) is 0 Å². The normalized spacial score (nSPS) is 26.1. The molecular formula is C17H25NO2. The zero-order chi connectivity index (χ0) is 14.2. The van der Waals surface area contributed by atoms with Gasteiger partial charge < -0.3 is 4.42 Å². The first-order valence-electron chi connectivity index (χ1n) is 7.87. The van der Waals surface area contributed by atoms with E-state index in [0.717, 1.165) is 31.7 Å². The largest absolute Gasteiger partial charge is 0.468 e. The van der Waals surface area contributed by atoms with Gasteiger partial charge in [0, 0.05) is 23.9 Å². The zero-order valence-corrected chi connectivity index (χ0v) is 12.6. The fraction of sp³-hybridized carbons (Fsp3) is 0.706. The molecule has 0 saturated heterocycles. The van der Waals surface area contributed by atoms with Crippen molar-refractivity contribution in [2.24, 2.45) is 11.3 Å². The Bertz CT molecular complexity index is 459. The van der Waals surface area contributed by atoms with Gasteiger partial charge in [0.15, 0.2) is 0 Å². The number of nitrogens with zero attached hydrogens (tertiary/aromatic N) is 1. The summed E-state index contributed by atoms with van der Waals surface area (Å²) in [5, 5.41) is 0. The zero-order valence-electron chi connectivity index (χ0n) is 12.6. The van der Waals surface area contributed by atoms with Crippen molar-refractivity contribution in [2.75, 3.05) is 6.54 Å². The second-order valence-electron chi connectivity index (χ2n) is 7.08. The lowest BCUT2D eigenvalue weighted by molar-refractivity contribution is -0.135. The SMILES string of the molecule is CC1(C)CCCC(CN(Cc2ccco2)C2CC2)C1=O. The van der Waals surface area contributed by atoms with Crippen molar-refractivity contribution < 1.29 is 9.21 Å². The van der Waals surface area contributed by atoms with Crippen molar-refractivity contribution >= 4 is 5.78 Å². The molecule has 1 aromatic heterocycles. The lowest BCUT2D eigenvalue weighted by Gasteiger charge is -2.36. The molecule has 110 valence electrons. The van der Waals surface area contributed by atoms with Gasteiger partial charge in [-0.2, -0.15) is 0 Å². The van der Waals surface area contributed by atoms with Crippen LogP contribution in [0.4, 0.5) is 0 Å². The minimum atomic E-state index is -0.122. The second kappa shape index (κ2) is 5.36. The first-order chi connectivity index (χ1) is 9.56. The molecule has 0 amide bonds. The molecule has 3 nitrogen and oxygen atoms in total. The van der Waals surface area contributed by atoms with Crippen molar-refractivity contribution in [2.45, 2.75) is 58.5 Å². The monoisotopic (exact) mass is 275 g/mol. The minimum Gasteiger partial charge on any atom is -0.468 e. The maximum Gasteiger partial charge on any atom is 0.142 e. The molecule has 20 heavy (non-hydrogen) atoms. The number of Topliss-reactive ketones (excluding diaryl/α,β-unsaturated/α-hetero) is 1. The van der Waals surface area contributed by atoms with E-state index in [0.29, 0.717) is 11.8 Å². The Morgan fingerprint density at radius 3 is 2.80 bits per heavy atom. The molecule has 2 aliphatic rings. The average molecular weight is 275 g/mol. The predicted molar refractivity (Wildman–Crippen MR) is 78.3 cm³/mol. The number of ketones is 1. The molecule has 0 N–H and O–H groups in total. The third kappa shape index (κ3) is 2.98. The van der Waals surface area contributed by atoms with Crippen LogP contribution in [0.2, 0.25) is 0 Å². The Morgan fingerprint density at radius 2 is 2.15 bits per heavy atom. The summed E-state index contributed by atoms with van der Waals surface area (Å²) < 4.78 is 5.47. The van der Waals surface area contributed by atoms with Crippen molar-refractivity contribution in [1.82, 2.24) is 4.90 Å². The lowest BCUT2D eigenvalue weighted by Crippen LogP contribution is -2.42. The second-order valence-corrected chi connectivity index (χ2v) is 7.08. The van der Waals surface area contributed by atoms with E-state index in [1.165, 1.54) is 19.3 Å². The van der Waals surface area contributed by atoms with E-state index in [-0.39, 0.29) is 11.3 Å². The van der Waals surface area contributed by atoms with Crippen molar-refractivity contribution in [3.63, 3.8) is 0 Å². The van der Waals surface area contributed by atoms with Crippen LogP contribution in [-0.4, -0.2) is 23.3 Å². The van der Waals surface area contributed by atoms with E-state index < -0.39 is 0 Å². The Balaban J connectivity index is 1.65. The van der Waals surface area contributed by atoms with Crippen LogP contribution >= 0.6 is 0 Å². The van der Waals surface area contributed by atoms with Gasteiger partial charge in [-0.15, -0.1) is 0 Å². The molecule has 2 fully saturated rings. The number of furan rings is 1. The topological polar surface area (TPSA) is 33.5 Å². The summed E-state index contributed by atoms with van der Waals surface area (Å²) in [5.41, 5.74) is -0.122. The van der Waals surface area contributed by atoms with Gasteiger partial charge in [0.1, 0.15) is 11.5 Å². The van der Waals surface area contributed by atoms with Gasteiger partial charge in [0.05, 0.1) is 12.8 Å². The summed E-state index contributed by atoms with van der Waals surface area (Å²) in [6.45, 7) is 5.97. The summed E-state index contributed by atoms with van der Waals surface area (Å²) in [6, 6.07) is 4.63. The van der Waals surface area contributed by atoms with Gasteiger partial charge in [-0.1, -0.05) is 20.3 Å². The van der Waals surface area contributed by atoms with E-state index in [4.69, 9.17) is 4.42 Å². The highest BCUT2D eigenvalue weighted by Crippen LogP contribution is 2.37. The Hall–Kier alpha value is -1.09. The quantitative estimate of drug-likeness (QED) is 0.822. The Kier molecular flexibility index (Phi) is 3.72. The fourth-order valence-electron chi connectivity index (χ4n) is 3.44. The fourth-order valence-corrected chi connectivity index (χ4v) is 3.44. The highest BCUT2D eigenvalue weighted by Gasteiger charge is 2.40. The molecule has 0 radical (unpaired) electrons. The van der Waals surface area contributed by atoms with Crippen LogP contribution in [0.3, 0.4) is 0 Å². The average Bonchev–Trinajstić information content (AvgIpc) is 3.13. The summed E-state index contributed by atoms with van der Waals surface area (Å²) in [5.74, 6) is 1.70. The summed E-state index contributed by atoms with van der Waals surface area (Å²) >= 11 is 0. The van der Waals surface area contributed by atoms with Crippen LogP contribution in [0.25, 0.3) is 0 Å². The van der Waals surface area contributed by atoms with Gasteiger partial charge >= 0.3 is 0 Å². The van der Waals surface area contributed by atoms with E-state index in [2.05, 4.69) is 18.7 Å². The van der Waals surface area contributed by atoms with Crippen LogP contribution in [0.15, 0.2) is 22.8 Å². The number of rotatable bonds is 5. The maximum absolute atomic E-state index is 12.6. The number of carbonyl (C=O) groups is 1. The molecule has 1 heterocycles. The summed E-state index contributed by atoms with van der Waals surface area (Å²) in [4.78, 5) is 15.0. The number of hydrogen-bond acceptors (Lipinski definition) is 3. The Morgan fingerprint density at radius 1 is 1.35 bits per heavy atom. The van der Waals surface area contributed by atoms with Gasteiger partial charge in [-0.25, -0.2) is 0 Å². The van der Waals surface area contributed by atoms with Crippen LogP contribution in [0, 0.1) is 11.3 Å². The van der Waals surface area contributed by atoms with Crippen molar-refractivity contribution in [3.05, 3.63) is 24.2 Å². The van der Waals surface area contributed by atoms with E-state index in [1.807, 2.05) is 12.1 Å². The molecule has 2 aliphatic carbocycles. The molecular weight excluding hydrogens is 250 g/mol. The first kappa shape index (κ1) is 13.9. The van der Waals surface area contributed by atoms with Gasteiger partial charge in [-0.3, -0.25) is 9.69 Å². The van der Waals surface area contributed by atoms with Crippen LogP contribution < -0.4 is 0 Å². The van der Waals surface area contributed by atoms with E-state index >= 15 is 0 Å². The summed E-state index contributed by atoms with van der Waals surface area (Å²) in [7, 11) is 0. The van der Waals surface area contributed by atoms with Gasteiger partial charge in [-0.05, 0) is 37.8 Å². The Labute approximate surface area is 121 Å². The van der Waals surface area contributed by atoms with Gasteiger partial charge in [0.25, 0.3) is 0 Å². The highest BCUT2D eigenvalue weighted by molar-refractivity contribution is 5.87. The highest BCUT2D eigenvalue weighted by atomic mass is 16.3. The van der Waals surface area contributed by atoms with Crippen LogP contribution in [-0.2, 0) is 11.3 Å². The minimum absolute atomic E-state index is 0.122. The molecule has 1 atom stereocenters. The number of carbonyl (C=O) groups excluding carboxylic acids is 1. The van der Waals surface area contributed by atoms with Crippen LogP contribution in [0.5, 0.6) is 0 Å². The molecule has 2 saturated carbocycles. The molecule has 0 spiro atoms. The van der Waals surface area contributed by atoms with Crippen LogP contribution in [0.1, 0.15) is 51.7 Å². The third-order valence-corrected chi connectivity index (χ3v) is 4.85. The van der Waals surface area contributed by atoms with Crippen molar-refractivity contribution in [1.29, 1.82) is 0 Å². The van der Waals surface area contributed by atoms with E-state index in [1.54, 1.807) is 6.26 Å². The molecule has 0 bridgehead atoms. The third-order valence-electron chi connectivity index (χ3n) is 4.85. The van der Waals surface area contributed by atoms with Crippen molar-refractivity contribution in [3.8, 4) is 0 Å². The maximum atomic E-state index is 12.6. The molecule has 0 aromatic carbocycles. The molecule has 0 aliphatic heterocycles. The first-order valence-corrected chi connectivity index (χ1v) is 7.87. The van der Waals surface area contributed by atoms with E-state index in [9.17, 15) is 4.79 Å². The molecule has 3 heteroatoms. The standard InChI is InChI=1S/C17H25NO2/c1-17(2)9-3-5-13(16(17)19)11-18(14-7-8-14)12-15-6-4-10-20-15/h4,6,10,13-14H,3,5,7-9,11-12H2,1-2H3. The molecule has 3 rings (SSSR count). The summed E-state index contributed by atoms with van der Waals surface area (Å²) in [6.07, 6.45) is 7.56. The molecule has 1 aromatic rings. The molecule has 1 unspecified atom stereocenters.